The van der Waals surface area contributed by atoms with Gasteiger partial charge < -0.3 is 10.1 Å². The SMILES string of the molecule is Cc1nc([C@H]2CCCN2C(=O)c2cccc[n+]2[O-])cs1. The van der Waals surface area contributed by atoms with E-state index in [1.165, 1.54) is 6.20 Å². The van der Waals surface area contributed by atoms with E-state index in [1.54, 1.807) is 34.4 Å². The van der Waals surface area contributed by atoms with Crippen LogP contribution in [0.2, 0.25) is 0 Å². The summed E-state index contributed by atoms with van der Waals surface area (Å²) >= 11 is 1.59. The fourth-order valence-electron chi connectivity index (χ4n) is 2.59. The maximum absolute atomic E-state index is 12.5. The number of carbonyl (C=O) groups excluding carboxylic acids is 1. The van der Waals surface area contributed by atoms with Crippen molar-refractivity contribution in [2.75, 3.05) is 6.54 Å². The van der Waals surface area contributed by atoms with Crippen LogP contribution in [0, 0.1) is 12.1 Å². The largest absolute Gasteiger partial charge is 0.618 e. The number of nitrogens with zero attached hydrogens (tertiary/aromatic N) is 3. The highest BCUT2D eigenvalue weighted by Gasteiger charge is 2.34. The molecule has 20 heavy (non-hydrogen) atoms. The van der Waals surface area contributed by atoms with E-state index < -0.39 is 0 Å². The van der Waals surface area contributed by atoms with Gasteiger partial charge in [-0.3, -0.25) is 4.79 Å². The summed E-state index contributed by atoms with van der Waals surface area (Å²) in [5, 5.41) is 14.7. The first-order valence-electron chi connectivity index (χ1n) is 6.58. The molecule has 2 aromatic rings. The Morgan fingerprint density at radius 3 is 3.10 bits per heavy atom. The van der Waals surface area contributed by atoms with E-state index in [9.17, 15) is 10.0 Å². The maximum Gasteiger partial charge on any atom is 0.320 e. The van der Waals surface area contributed by atoms with Crippen molar-refractivity contribution < 1.29 is 9.52 Å². The van der Waals surface area contributed by atoms with Crippen molar-refractivity contribution in [2.45, 2.75) is 25.8 Å². The fraction of sp³-hybridized carbons (Fsp3) is 0.357. The Morgan fingerprint density at radius 1 is 1.55 bits per heavy atom. The zero-order chi connectivity index (χ0) is 14.1. The van der Waals surface area contributed by atoms with Gasteiger partial charge in [0, 0.05) is 24.1 Å². The molecule has 0 unspecified atom stereocenters. The predicted molar refractivity (Wildman–Crippen MR) is 75.3 cm³/mol. The average molecular weight is 289 g/mol. The number of thiazole rings is 1. The van der Waals surface area contributed by atoms with Gasteiger partial charge in [-0.15, -0.1) is 11.3 Å². The molecule has 2 aromatic heterocycles. The monoisotopic (exact) mass is 289 g/mol. The second kappa shape index (κ2) is 5.20. The first-order valence-corrected chi connectivity index (χ1v) is 7.46. The Labute approximate surface area is 121 Å². The number of amides is 1. The normalized spacial score (nSPS) is 18.4. The Bertz CT molecular complexity index is 641. The lowest BCUT2D eigenvalue weighted by molar-refractivity contribution is -0.608. The molecular formula is C14H15N3O2S. The van der Waals surface area contributed by atoms with Crippen molar-refractivity contribution >= 4 is 17.2 Å². The number of pyridine rings is 1. The average Bonchev–Trinajstić information content (AvgIpc) is 3.06. The summed E-state index contributed by atoms with van der Waals surface area (Å²) in [6.07, 6.45) is 3.20. The van der Waals surface area contributed by atoms with Gasteiger partial charge >= 0.3 is 5.91 Å². The van der Waals surface area contributed by atoms with Crippen LogP contribution in [-0.4, -0.2) is 22.3 Å². The molecule has 1 aliphatic rings. The molecule has 0 radical (unpaired) electrons. The minimum atomic E-state index is -0.214. The predicted octanol–water partition coefficient (Wildman–Crippen LogP) is 2.06. The first-order chi connectivity index (χ1) is 9.66. The zero-order valence-corrected chi connectivity index (χ0v) is 12.0. The van der Waals surface area contributed by atoms with E-state index in [4.69, 9.17) is 0 Å². The first kappa shape index (κ1) is 13.1. The molecule has 0 bridgehead atoms. The quantitative estimate of drug-likeness (QED) is 0.628. The van der Waals surface area contributed by atoms with Gasteiger partial charge in [0.1, 0.15) is 0 Å². The second-order valence-electron chi connectivity index (χ2n) is 4.86. The molecule has 0 N–H and O–H groups in total. The van der Waals surface area contributed by atoms with Crippen LogP contribution < -0.4 is 4.73 Å². The Balaban J connectivity index is 1.89. The van der Waals surface area contributed by atoms with Gasteiger partial charge in [-0.25, -0.2) is 4.98 Å². The van der Waals surface area contributed by atoms with Crippen molar-refractivity contribution in [2.24, 2.45) is 0 Å². The fourth-order valence-corrected chi connectivity index (χ4v) is 3.25. The van der Waals surface area contributed by atoms with Gasteiger partial charge in [0.15, 0.2) is 6.20 Å². The van der Waals surface area contributed by atoms with Gasteiger partial charge in [0.05, 0.1) is 16.7 Å². The lowest BCUT2D eigenvalue weighted by Gasteiger charge is -2.22. The summed E-state index contributed by atoms with van der Waals surface area (Å²) in [5.74, 6) is -0.214. The van der Waals surface area contributed by atoms with E-state index >= 15 is 0 Å². The number of rotatable bonds is 2. The van der Waals surface area contributed by atoms with Gasteiger partial charge in [0.25, 0.3) is 5.69 Å². The molecule has 104 valence electrons. The number of hydrogen-bond donors (Lipinski definition) is 0. The zero-order valence-electron chi connectivity index (χ0n) is 11.2. The van der Waals surface area contributed by atoms with Gasteiger partial charge in [-0.05, 0) is 25.8 Å². The number of aryl methyl sites for hydroxylation is 1. The molecule has 1 fully saturated rings. The second-order valence-corrected chi connectivity index (χ2v) is 5.92. The van der Waals surface area contributed by atoms with E-state index in [0.29, 0.717) is 11.3 Å². The summed E-state index contributed by atoms with van der Waals surface area (Å²) in [6, 6.07) is 4.89. The molecule has 3 heterocycles. The molecule has 3 rings (SSSR count). The van der Waals surface area contributed by atoms with Crippen LogP contribution in [0.1, 0.15) is 40.1 Å². The summed E-state index contributed by atoms with van der Waals surface area (Å²) in [6.45, 7) is 2.63. The van der Waals surface area contributed by atoms with Gasteiger partial charge in [0.2, 0.25) is 0 Å². The van der Waals surface area contributed by atoms with Crippen molar-refractivity contribution in [3.63, 3.8) is 0 Å². The molecule has 1 aliphatic heterocycles. The number of aromatic nitrogens is 2. The molecule has 0 spiro atoms. The summed E-state index contributed by atoms with van der Waals surface area (Å²) < 4.78 is 0.629. The molecule has 0 aromatic carbocycles. The van der Waals surface area contributed by atoms with Crippen LogP contribution in [0.3, 0.4) is 0 Å². The third-order valence-electron chi connectivity index (χ3n) is 3.54. The molecule has 0 saturated carbocycles. The van der Waals surface area contributed by atoms with Crippen molar-refractivity contribution in [1.29, 1.82) is 0 Å². The molecule has 1 saturated heterocycles. The molecule has 6 heteroatoms. The Kier molecular flexibility index (Phi) is 3.40. The molecule has 5 nitrogen and oxygen atoms in total. The maximum atomic E-state index is 12.5. The van der Waals surface area contributed by atoms with Crippen molar-refractivity contribution in [3.8, 4) is 0 Å². The highest BCUT2D eigenvalue weighted by atomic mass is 32.1. The summed E-state index contributed by atoms with van der Waals surface area (Å²) in [4.78, 5) is 18.8. The third-order valence-corrected chi connectivity index (χ3v) is 4.33. The number of hydrogen-bond acceptors (Lipinski definition) is 4. The summed E-state index contributed by atoms with van der Waals surface area (Å²) in [7, 11) is 0. The van der Waals surface area contributed by atoms with Crippen molar-refractivity contribution in [1.82, 2.24) is 9.88 Å². The minimum absolute atomic E-state index is 0.00680. The van der Waals surface area contributed by atoms with Crippen LogP contribution >= 0.6 is 11.3 Å². The van der Waals surface area contributed by atoms with Crippen LogP contribution in [0.25, 0.3) is 0 Å². The standard InChI is InChI=1S/C14H15N3O2S/c1-10-15-11(9-20-10)12-6-4-7-16(12)14(18)13-5-2-3-8-17(13)19/h2-3,5,8-9,12H,4,6-7H2,1H3/t12-/m1/s1. The van der Waals surface area contributed by atoms with E-state index in [2.05, 4.69) is 4.98 Å². The molecule has 0 aliphatic carbocycles. The molecular weight excluding hydrogens is 274 g/mol. The van der Waals surface area contributed by atoms with E-state index in [0.717, 1.165) is 23.5 Å². The van der Waals surface area contributed by atoms with Crippen LogP contribution in [0.4, 0.5) is 0 Å². The Morgan fingerprint density at radius 2 is 2.40 bits per heavy atom. The highest BCUT2D eigenvalue weighted by Crippen LogP contribution is 2.33. The van der Waals surface area contributed by atoms with E-state index in [1.807, 2.05) is 12.3 Å². The highest BCUT2D eigenvalue weighted by molar-refractivity contribution is 7.09. The molecule has 1 atom stereocenters. The van der Waals surface area contributed by atoms with Crippen LogP contribution in [-0.2, 0) is 0 Å². The number of carbonyl (C=O) groups is 1. The van der Waals surface area contributed by atoms with Gasteiger partial charge in [-0.2, -0.15) is 4.73 Å². The van der Waals surface area contributed by atoms with Crippen LogP contribution in [0.5, 0.6) is 0 Å². The topological polar surface area (TPSA) is 60.1 Å². The smallest absolute Gasteiger partial charge is 0.320 e. The van der Waals surface area contributed by atoms with Crippen molar-refractivity contribution in [3.05, 3.63) is 51.4 Å². The number of likely N-dealkylation sites (tertiary alicyclic amines) is 1. The third kappa shape index (κ3) is 2.27. The minimum Gasteiger partial charge on any atom is -0.618 e. The summed E-state index contributed by atoms with van der Waals surface area (Å²) in [5.41, 5.74) is 1.11. The van der Waals surface area contributed by atoms with Gasteiger partial charge in [-0.1, -0.05) is 0 Å². The lowest BCUT2D eigenvalue weighted by atomic mass is 10.1. The van der Waals surface area contributed by atoms with E-state index in [-0.39, 0.29) is 17.6 Å². The Hall–Kier alpha value is -1.95. The lowest BCUT2D eigenvalue weighted by Crippen LogP contribution is -2.41. The molecule has 1 amide bonds. The van der Waals surface area contributed by atoms with Crippen LogP contribution in [0.15, 0.2) is 29.8 Å².